The summed E-state index contributed by atoms with van der Waals surface area (Å²) in [5.74, 6) is 0.581. The molecule has 0 aliphatic heterocycles. The monoisotopic (exact) mass is 348 g/mol. The van der Waals surface area contributed by atoms with Crippen molar-refractivity contribution in [1.29, 1.82) is 5.26 Å². The molecule has 24 heavy (non-hydrogen) atoms. The van der Waals surface area contributed by atoms with E-state index in [-0.39, 0.29) is 23.3 Å². The van der Waals surface area contributed by atoms with Gasteiger partial charge in [0.2, 0.25) is 16.0 Å². The average Bonchev–Trinajstić information content (AvgIpc) is 2.59. The summed E-state index contributed by atoms with van der Waals surface area (Å²) in [5.41, 5.74) is 0.381. The van der Waals surface area contributed by atoms with Gasteiger partial charge in [-0.2, -0.15) is 20.2 Å². The number of nitriles is 1. The van der Waals surface area contributed by atoms with Crippen LogP contribution in [0.15, 0.2) is 29.2 Å². The molecule has 2 rings (SSSR count). The fourth-order valence-electron chi connectivity index (χ4n) is 1.71. The van der Waals surface area contributed by atoms with Crippen molar-refractivity contribution in [3.63, 3.8) is 0 Å². The standard InChI is InChI=1S/C14H16N6O3S/c1-20(2)13-17-12(18-14(19-13)23-3)9-16-24(21,22)11-6-4-10(8-15)5-7-11/h4-7,16H,9H2,1-3H3. The van der Waals surface area contributed by atoms with Gasteiger partial charge < -0.3 is 9.64 Å². The molecule has 0 saturated carbocycles. The molecule has 0 radical (unpaired) electrons. The summed E-state index contributed by atoms with van der Waals surface area (Å²) in [4.78, 5) is 13.9. The lowest BCUT2D eigenvalue weighted by Crippen LogP contribution is -2.25. The normalized spacial score (nSPS) is 10.9. The number of ether oxygens (including phenoxy) is 1. The molecule has 0 amide bonds. The highest BCUT2D eigenvalue weighted by atomic mass is 32.2. The largest absolute Gasteiger partial charge is 0.467 e. The predicted molar refractivity (Wildman–Crippen MR) is 85.9 cm³/mol. The molecule has 1 aromatic heterocycles. The number of hydrogen-bond acceptors (Lipinski definition) is 8. The van der Waals surface area contributed by atoms with Crippen LogP contribution >= 0.6 is 0 Å². The van der Waals surface area contributed by atoms with Crippen LogP contribution in [0.2, 0.25) is 0 Å². The predicted octanol–water partition coefficient (Wildman–Crippen LogP) is 0.296. The van der Waals surface area contributed by atoms with Gasteiger partial charge in [0, 0.05) is 14.1 Å². The summed E-state index contributed by atoms with van der Waals surface area (Å²) >= 11 is 0. The Morgan fingerprint density at radius 3 is 2.42 bits per heavy atom. The average molecular weight is 348 g/mol. The first-order valence-electron chi connectivity index (χ1n) is 6.82. The Bertz CT molecular complexity index is 859. The Morgan fingerprint density at radius 1 is 1.21 bits per heavy atom. The summed E-state index contributed by atoms with van der Waals surface area (Å²) in [7, 11) is 1.16. The fraction of sp³-hybridized carbons (Fsp3) is 0.286. The molecule has 0 unspecified atom stereocenters. The number of aromatic nitrogens is 3. The number of benzene rings is 1. The smallest absolute Gasteiger partial charge is 0.321 e. The van der Waals surface area contributed by atoms with Gasteiger partial charge in [0.1, 0.15) is 0 Å². The van der Waals surface area contributed by atoms with E-state index in [0.717, 1.165) is 0 Å². The molecule has 10 heteroatoms. The van der Waals surface area contributed by atoms with E-state index in [2.05, 4.69) is 19.7 Å². The summed E-state index contributed by atoms with van der Waals surface area (Å²) < 4.78 is 31.9. The first kappa shape index (κ1) is 17.6. The lowest BCUT2D eigenvalue weighted by molar-refractivity contribution is 0.375. The van der Waals surface area contributed by atoms with Crippen LogP contribution in [0.4, 0.5) is 5.95 Å². The minimum absolute atomic E-state index is 0.0513. The fourth-order valence-corrected chi connectivity index (χ4v) is 2.69. The van der Waals surface area contributed by atoms with Gasteiger partial charge in [-0.3, -0.25) is 0 Å². The van der Waals surface area contributed by atoms with Crippen LogP contribution in [0.1, 0.15) is 11.4 Å². The van der Waals surface area contributed by atoms with Gasteiger partial charge in [0.25, 0.3) is 0 Å². The van der Waals surface area contributed by atoms with Gasteiger partial charge in [-0.05, 0) is 24.3 Å². The molecule has 0 bridgehead atoms. The summed E-state index contributed by atoms with van der Waals surface area (Å²) in [5, 5.41) is 8.75. The maximum Gasteiger partial charge on any atom is 0.321 e. The minimum Gasteiger partial charge on any atom is -0.467 e. The zero-order valence-electron chi connectivity index (χ0n) is 13.4. The Kier molecular flexibility index (Phi) is 5.28. The quantitative estimate of drug-likeness (QED) is 0.791. The highest BCUT2D eigenvalue weighted by Gasteiger charge is 2.16. The van der Waals surface area contributed by atoms with Crippen LogP contribution in [-0.2, 0) is 16.6 Å². The number of hydrogen-bond donors (Lipinski definition) is 1. The van der Waals surface area contributed by atoms with Gasteiger partial charge in [0.05, 0.1) is 30.2 Å². The molecule has 0 spiro atoms. The van der Waals surface area contributed by atoms with E-state index in [0.29, 0.717) is 11.5 Å². The zero-order valence-corrected chi connectivity index (χ0v) is 14.2. The van der Waals surface area contributed by atoms with E-state index in [1.54, 1.807) is 19.0 Å². The maximum atomic E-state index is 12.3. The van der Waals surface area contributed by atoms with Crippen LogP contribution in [0.25, 0.3) is 0 Å². The molecule has 0 atom stereocenters. The number of sulfonamides is 1. The van der Waals surface area contributed by atoms with Gasteiger partial charge in [-0.1, -0.05) is 0 Å². The highest BCUT2D eigenvalue weighted by molar-refractivity contribution is 7.89. The summed E-state index contributed by atoms with van der Waals surface area (Å²) in [6.45, 7) is -0.123. The second-order valence-electron chi connectivity index (χ2n) is 4.89. The highest BCUT2D eigenvalue weighted by Crippen LogP contribution is 2.12. The number of nitrogens with one attached hydrogen (secondary N) is 1. The lowest BCUT2D eigenvalue weighted by atomic mass is 10.2. The molecule has 126 valence electrons. The van der Waals surface area contributed by atoms with E-state index < -0.39 is 10.0 Å². The maximum absolute atomic E-state index is 12.3. The van der Waals surface area contributed by atoms with Crippen LogP contribution in [-0.4, -0.2) is 44.6 Å². The molecular formula is C14H16N6O3S. The molecule has 9 nitrogen and oxygen atoms in total. The third-order valence-corrected chi connectivity index (χ3v) is 4.36. The van der Waals surface area contributed by atoms with Crippen LogP contribution < -0.4 is 14.4 Å². The molecule has 0 aliphatic carbocycles. The van der Waals surface area contributed by atoms with Gasteiger partial charge in [-0.15, -0.1) is 0 Å². The Labute approximate surface area is 140 Å². The van der Waals surface area contributed by atoms with Crippen molar-refractivity contribution in [3.8, 4) is 12.1 Å². The Hall–Kier alpha value is -2.77. The van der Waals surface area contributed by atoms with E-state index >= 15 is 0 Å². The molecule has 1 aromatic carbocycles. The molecule has 1 N–H and O–H groups in total. The number of anilines is 1. The molecule has 0 fully saturated rings. The third-order valence-electron chi connectivity index (χ3n) is 2.95. The van der Waals surface area contributed by atoms with Crippen molar-refractivity contribution in [1.82, 2.24) is 19.7 Å². The van der Waals surface area contributed by atoms with E-state index in [1.807, 2.05) is 6.07 Å². The minimum atomic E-state index is -3.75. The molecule has 0 aliphatic rings. The third kappa shape index (κ3) is 4.15. The Balaban J connectivity index is 2.19. The van der Waals surface area contributed by atoms with E-state index in [1.165, 1.54) is 31.4 Å². The first-order valence-corrected chi connectivity index (χ1v) is 8.30. The first-order chi connectivity index (χ1) is 11.4. The molecule has 1 heterocycles. The van der Waals surface area contributed by atoms with Crippen molar-refractivity contribution in [2.24, 2.45) is 0 Å². The van der Waals surface area contributed by atoms with Gasteiger partial charge in [0.15, 0.2) is 5.82 Å². The molecule has 2 aromatic rings. The van der Waals surface area contributed by atoms with Crippen molar-refractivity contribution in [2.75, 3.05) is 26.1 Å². The van der Waals surface area contributed by atoms with Gasteiger partial charge >= 0.3 is 6.01 Å². The van der Waals surface area contributed by atoms with Gasteiger partial charge in [-0.25, -0.2) is 13.1 Å². The van der Waals surface area contributed by atoms with Crippen LogP contribution in [0.3, 0.4) is 0 Å². The second-order valence-corrected chi connectivity index (χ2v) is 6.66. The molecule has 0 saturated heterocycles. The molecular weight excluding hydrogens is 332 g/mol. The van der Waals surface area contributed by atoms with E-state index in [9.17, 15) is 8.42 Å². The summed E-state index contributed by atoms with van der Waals surface area (Å²) in [6.07, 6.45) is 0. The topological polar surface area (TPSA) is 121 Å². The van der Waals surface area contributed by atoms with Crippen molar-refractivity contribution in [3.05, 3.63) is 35.7 Å². The number of methoxy groups -OCH3 is 1. The van der Waals surface area contributed by atoms with Crippen LogP contribution in [0.5, 0.6) is 6.01 Å². The van der Waals surface area contributed by atoms with E-state index in [4.69, 9.17) is 10.00 Å². The number of rotatable bonds is 6. The van der Waals surface area contributed by atoms with Crippen LogP contribution in [0, 0.1) is 11.3 Å². The zero-order chi connectivity index (χ0) is 17.7. The van der Waals surface area contributed by atoms with Crippen molar-refractivity contribution < 1.29 is 13.2 Å². The summed E-state index contributed by atoms with van der Waals surface area (Å²) in [6, 6.07) is 7.62. The SMILES string of the molecule is COc1nc(CNS(=O)(=O)c2ccc(C#N)cc2)nc(N(C)C)n1. The number of nitrogens with zero attached hydrogens (tertiary/aromatic N) is 5. The Morgan fingerprint density at radius 2 is 1.88 bits per heavy atom. The lowest BCUT2D eigenvalue weighted by Gasteiger charge is -2.12. The second kappa shape index (κ2) is 7.20. The van der Waals surface area contributed by atoms with Crippen molar-refractivity contribution >= 4 is 16.0 Å². The van der Waals surface area contributed by atoms with Crippen molar-refractivity contribution in [2.45, 2.75) is 11.4 Å².